The highest BCUT2D eigenvalue weighted by Crippen LogP contribution is 2.29. The smallest absolute Gasteiger partial charge is 0.263 e. The predicted molar refractivity (Wildman–Crippen MR) is 92.3 cm³/mol. The minimum Gasteiger partial charge on any atom is -0.496 e. The van der Waals surface area contributed by atoms with Crippen LogP contribution in [0.3, 0.4) is 0 Å². The van der Waals surface area contributed by atoms with Crippen molar-refractivity contribution in [2.24, 2.45) is 0 Å². The van der Waals surface area contributed by atoms with Gasteiger partial charge in [-0.2, -0.15) is 0 Å². The highest BCUT2D eigenvalue weighted by molar-refractivity contribution is 5.91. The number of carbonyl (C=O) groups is 1. The Labute approximate surface area is 148 Å². The van der Waals surface area contributed by atoms with E-state index in [4.69, 9.17) is 9.47 Å². The highest BCUT2D eigenvalue weighted by Gasteiger charge is 2.11. The largest absolute Gasteiger partial charge is 0.496 e. The molecule has 0 saturated carbocycles. The summed E-state index contributed by atoms with van der Waals surface area (Å²) >= 11 is 0. The van der Waals surface area contributed by atoms with Gasteiger partial charge in [0.05, 0.1) is 19.0 Å². The van der Waals surface area contributed by atoms with Gasteiger partial charge >= 0.3 is 0 Å². The molecular weight excluding hydrogens is 339 g/mol. The number of amides is 1. The van der Waals surface area contributed by atoms with Gasteiger partial charge in [-0.15, -0.1) is 0 Å². The van der Waals surface area contributed by atoms with Crippen LogP contribution in [0.15, 0.2) is 55.1 Å². The maximum absolute atomic E-state index is 13.6. The minimum atomic E-state index is -0.421. The van der Waals surface area contributed by atoms with Crippen molar-refractivity contribution >= 4 is 11.7 Å². The second kappa shape index (κ2) is 8.02. The SMILES string of the molecule is COc1ccc(F)cc1-c1cc(NC(=O)COc2cccnc2)ncn1. The van der Waals surface area contributed by atoms with Gasteiger partial charge in [-0.25, -0.2) is 14.4 Å². The van der Waals surface area contributed by atoms with Crippen molar-refractivity contribution in [3.05, 3.63) is 60.9 Å². The van der Waals surface area contributed by atoms with Gasteiger partial charge in [0.1, 0.15) is 29.5 Å². The average molecular weight is 354 g/mol. The molecule has 0 unspecified atom stereocenters. The zero-order valence-corrected chi connectivity index (χ0v) is 13.8. The van der Waals surface area contributed by atoms with E-state index >= 15 is 0 Å². The third-order valence-electron chi connectivity index (χ3n) is 3.38. The number of anilines is 1. The summed E-state index contributed by atoms with van der Waals surface area (Å²) in [5, 5.41) is 2.60. The minimum absolute atomic E-state index is 0.200. The molecule has 0 spiro atoms. The molecule has 0 bridgehead atoms. The molecule has 3 aromatic rings. The summed E-state index contributed by atoms with van der Waals surface area (Å²) < 4.78 is 24.1. The first-order chi connectivity index (χ1) is 12.7. The van der Waals surface area contributed by atoms with E-state index in [1.54, 1.807) is 18.3 Å². The fourth-order valence-corrected chi connectivity index (χ4v) is 2.21. The van der Waals surface area contributed by atoms with E-state index in [0.717, 1.165) is 0 Å². The molecular formula is C18H15FN4O3. The number of pyridine rings is 1. The second-order valence-corrected chi connectivity index (χ2v) is 5.16. The third kappa shape index (κ3) is 4.29. The number of halogens is 1. The summed E-state index contributed by atoms with van der Waals surface area (Å²) in [4.78, 5) is 24.0. The van der Waals surface area contributed by atoms with Crippen molar-refractivity contribution in [2.75, 3.05) is 19.0 Å². The first-order valence-electron chi connectivity index (χ1n) is 7.64. The van der Waals surface area contributed by atoms with Gasteiger partial charge in [0.2, 0.25) is 0 Å². The molecule has 0 saturated heterocycles. The van der Waals surface area contributed by atoms with E-state index in [1.807, 2.05) is 0 Å². The molecule has 0 atom stereocenters. The summed E-state index contributed by atoms with van der Waals surface area (Å²) in [7, 11) is 1.48. The summed E-state index contributed by atoms with van der Waals surface area (Å²) in [6.07, 6.45) is 4.39. The average Bonchev–Trinajstić information content (AvgIpc) is 2.67. The number of hydrogen-bond acceptors (Lipinski definition) is 6. The monoisotopic (exact) mass is 354 g/mol. The maximum Gasteiger partial charge on any atom is 0.263 e. The van der Waals surface area contributed by atoms with E-state index in [9.17, 15) is 9.18 Å². The van der Waals surface area contributed by atoms with E-state index in [-0.39, 0.29) is 12.4 Å². The van der Waals surface area contributed by atoms with Crippen LogP contribution in [0.5, 0.6) is 11.5 Å². The van der Waals surface area contributed by atoms with Crippen LogP contribution in [-0.2, 0) is 4.79 Å². The number of hydrogen-bond donors (Lipinski definition) is 1. The van der Waals surface area contributed by atoms with Gasteiger partial charge in [0.25, 0.3) is 5.91 Å². The number of nitrogens with one attached hydrogen (secondary N) is 1. The molecule has 7 nitrogen and oxygen atoms in total. The Bertz CT molecular complexity index is 906. The van der Waals surface area contributed by atoms with Gasteiger partial charge in [0.15, 0.2) is 6.61 Å². The van der Waals surface area contributed by atoms with Crippen LogP contribution >= 0.6 is 0 Å². The van der Waals surface area contributed by atoms with E-state index in [2.05, 4.69) is 20.3 Å². The molecule has 3 rings (SSSR count). The van der Waals surface area contributed by atoms with Crippen molar-refractivity contribution in [1.29, 1.82) is 0 Å². The molecule has 2 aromatic heterocycles. The Morgan fingerprint density at radius 3 is 2.88 bits per heavy atom. The number of rotatable bonds is 6. The molecule has 0 aliphatic heterocycles. The molecule has 1 amide bonds. The molecule has 1 aromatic carbocycles. The topological polar surface area (TPSA) is 86.2 Å². The second-order valence-electron chi connectivity index (χ2n) is 5.16. The van der Waals surface area contributed by atoms with Crippen LogP contribution in [0.1, 0.15) is 0 Å². The van der Waals surface area contributed by atoms with Crippen molar-refractivity contribution in [2.45, 2.75) is 0 Å². The first-order valence-corrected chi connectivity index (χ1v) is 7.64. The van der Waals surface area contributed by atoms with Gasteiger partial charge in [-0.3, -0.25) is 9.78 Å². The fourth-order valence-electron chi connectivity index (χ4n) is 2.21. The Balaban J connectivity index is 1.71. The molecule has 8 heteroatoms. The zero-order valence-electron chi connectivity index (χ0n) is 13.8. The van der Waals surface area contributed by atoms with Crippen molar-refractivity contribution in [3.63, 3.8) is 0 Å². The summed E-state index contributed by atoms with van der Waals surface area (Å²) in [6.45, 7) is -0.200. The van der Waals surface area contributed by atoms with Gasteiger partial charge in [0, 0.05) is 17.8 Å². The molecule has 0 aliphatic carbocycles. The van der Waals surface area contributed by atoms with Crippen LogP contribution in [0, 0.1) is 5.82 Å². The normalized spacial score (nSPS) is 10.2. The number of nitrogens with zero attached hydrogens (tertiary/aromatic N) is 3. The number of ether oxygens (including phenoxy) is 2. The third-order valence-corrected chi connectivity index (χ3v) is 3.38. The molecule has 132 valence electrons. The highest BCUT2D eigenvalue weighted by atomic mass is 19.1. The maximum atomic E-state index is 13.6. The van der Waals surface area contributed by atoms with Gasteiger partial charge in [-0.1, -0.05) is 0 Å². The molecule has 1 N–H and O–H groups in total. The number of benzene rings is 1. The van der Waals surface area contributed by atoms with E-state index in [0.29, 0.717) is 22.8 Å². The Morgan fingerprint density at radius 2 is 2.12 bits per heavy atom. The quantitative estimate of drug-likeness (QED) is 0.732. The molecule has 26 heavy (non-hydrogen) atoms. The summed E-state index contributed by atoms with van der Waals surface area (Å²) in [6, 6.07) is 9.03. The van der Waals surface area contributed by atoms with E-state index in [1.165, 1.54) is 43.9 Å². The summed E-state index contributed by atoms with van der Waals surface area (Å²) in [5.74, 6) is 0.387. The number of carbonyl (C=O) groups excluding carboxylic acids is 1. The van der Waals surface area contributed by atoms with E-state index < -0.39 is 11.7 Å². The lowest BCUT2D eigenvalue weighted by atomic mass is 10.1. The fraction of sp³-hybridized carbons (Fsp3) is 0.111. The van der Waals surface area contributed by atoms with Crippen LogP contribution < -0.4 is 14.8 Å². The Hall–Kier alpha value is -3.55. The standard InChI is InChI=1S/C18H15FN4O3/c1-25-16-5-4-12(19)7-14(16)15-8-17(22-11-21-15)23-18(24)10-26-13-3-2-6-20-9-13/h2-9,11H,10H2,1H3,(H,21,22,23,24). The van der Waals surface area contributed by atoms with Crippen LogP contribution in [0.25, 0.3) is 11.3 Å². The Kier molecular flexibility index (Phi) is 5.33. The summed E-state index contributed by atoms with van der Waals surface area (Å²) in [5.41, 5.74) is 0.872. The lowest BCUT2D eigenvalue weighted by molar-refractivity contribution is -0.118. The van der Waals surface area contributed by atoms with Crippen LogP contribution in [-0.4, -0.2) is 34.6 Å². The lowest BCUT2D eigenvalue weighted by Crippen LogP contribution is -2.20. The first kappa shape index (κ1) is 17.3. The van der Waals surface area contributed by atoms with Crippen molar-refractivity contribution in [1.82, 2.24) is 15.0 Å². The molecule has 0 aliphatic rings. The van der Waals surface area contributed by atoms with Crippen LogP contribution in [0.4, 0.5) is 10.2 Å². The van der Waals surface area contributed by atoms with Gasteiger partial charge in [-0.05, 0) is 30.3 Å². The van der Waals surface area contributed by atoms with Gasteiger partial charge < -0.3 is 14.8 Å². The Morgan fingerprint density at radius 1 is 1.23 bits per heavy atom. The lowest BCUT2D eigenvalue weighted by Gasteiger charge is -2.10. The van der Waals surface area contributed by atoms with Crippen molar-refractivity contribution < 1.29 is 18.7 Å². The molecule has 2 heterocycles. The molecule has 0 radical (unpaired) electrons. The molecule has 0 fully saturated rings. The zero-order chi connectivity index (χ0) is 18.4. The van der Waals surface area contributed by atoms with Crippen LogP contribution in [0.2, 0.25) is 0 Å². The van der Waals surface area contributed by atoms with Crippen molar-refractivity contribution in [3.8, 4) is 22.8 Å². The number of methoxy groups -OCH3 is 1. The number of aromatic nitrogens is 3. The predicted octanol–water partition coefficient (Wildman–Crippen LogP) is 2.70.